The molecule has 1 aromatic rings. The first-order valence-electron chi connectivity index (χ1n) is 6.11. The van der Waals surface area contributed by atoms with Gasteiger partial charge in [-0.25, -0.2) is 16.1 Å². The Morgan fingerprint density at radius 3 is 2.41 bits per heavy atom. The average Bonchev–Trinajstić information content (AvgIpc) is 2.48. The normalized spacial score (nSPS) is 12.4. The monoisotopic (exact) mass is 320 g/mol. The number of halogens is 3. The Labute approximate surface area is 123 Å². The summed E-state index contributed by atoms with van der Waals surface area (Å²) < 4.78 is 42.6. The molecule has 1 atom stereocenters. The van der Waals surface area contributed by atoms with Crippen LogP contribution in [-0.4, -0.2) is 24.2 Å². The van der Waals surface area contributed by atoms with Gasteiger partial charge in [0.25, 0.3) is 0 Å². The summed E-state index contributed by atoms with van der Waals surface area (Å²) in [5.41, 5.74) is 5.68. The Balaban J connectivity index is 2.43. The Bertz CT molecular complexity index is 496. The van der Waals surface area contributed by atoms with Crippen LogP contribution in [0.3, 0.4) is 0 Å². The zero-order valence-corrected chi connectivity index (χ0v) is 11.3. The molecule has 1 rings (SSSR count). The van der Waals surface area contributed by atoms with Crippen molar-refractivity contribution in [3.8, 4) is 0 Å². The molecule has 0 fully saturated rings. The highest BCUT2D eigenvalue weighted by atomic mass is 19.4. The highest BCUT2D eigenvalue weighted by Gasteiger charge is 2.41. The third-order valence-electron chi connectivity index (χ3n) is 2.51. The average molecular weight is 320 g/mol. The first kappa shape index (κ1) is 17.7. The second-order valence-corrected chi connectivity index (χ2v) is 4.20. The number of alkyl halides is 3. The van der Waals surface area contributed by atoms with Gasteiger partial charge in [0.05, 0.1) is 6.42 Å². The van der Waals surface area contributed by atoms with Crippen LogP contribution in [0.2, 0.25) is 0 Å². The zero-order chi connectivity index (χ0) is 16.6. The lowest BCUT2D eigenvalue weighted by molar-refractivity contribution is -0.163. The number of rotatable bonds is 6. The summed E-state index contributed by atoms with van der Waals surface area (Å²) in [5.74, 6) is 3.69. The third-order valence-corrected chi connectivity index (χ3v) is 2.51. The summed E-state index contributed by atoms with van der Waals surface area (Å²) in [6, 6.07) is 6.29. The summed E-state index contributed by atoms with van der Waals surface area (Å²) in [6.45, 7) is -0.103. The van der Waals surface area contributed by atoms with Crippen LogP contribution in [0.1, 0.15) is 12.0 Å². The lowest BCUT2D eigenvalue weighted by atomic mass is 10.2. The molecule has 0 bridgehead atoms. The number of carbonyl (C=O) groups is 2. The predicted octanol–water partition coefficient (Wildman–Crippen LogP) is 0.728. The van der Waals surface area contributed by atoms with Gasteiger partial charge >= 0.3 is 12.3 Å². The molecule has 0 radical (unpaired) electrons. The minimum Gasteiger partial charge on any atom is -0.444 e. The molecule has 5 N–H and O–H groups in total. The smallest absolute Gasteiger partial charge is 0.421 e. The number of amides is 2. The van der Waals surface area contributed by atoms with E-state index in [1.54, 1.807) is 46.6 Å². The fourth-order valence-electron chi connectivity index (χ4n) is 1.40. The van der Waals surface area contributed by atoms with Crippen molar-refractivity contribution in [1.82, 2.24) is 16.3 Å². The molecule has 0 aliphatic heterocycles. The molecule has 0 saturated carbocycles. The molecule has 0 aliphatic rings. The predicted molar refractivity (Wildman–Crippen MR) is 69.7 cm³/mol. The van der Waals surface area contributed by atoms with Crippen LogP contribution >= 0.6 is 0 Å². The van der Waals surface area contributed by atoms with E-state index in [9.17, 15) is 22.8 Å². The number of benzene rings is 1. The summed E-state index contributed by atoms with van der Waals surface area (Å²) >= 11 is 0. The molecule has 10 heteroatoms. The van der Waals surface area contributed by atoms with Crippen LogP contribution in [0.25, 0.3) is 0 Å². The Hall–Kier alpha value is -2.33. The van der Waals surface area contributed by atoms with E-state index < -0.39 is 30.6 Å². The number of hydrogen-bond acceptors (Lipinski definition) is 5. The van der Waals surface area contributed by atoms with Crippen LogP contribution in [0.15, 0.2) is 30.3 Å². The van der Waals surface area contributed by atoms with E-state index in [0.717, 1.165) is 0 Å². The molecule has 0 spiro atoms. The molecule has 2 amide bonds. The van der Waals surface area contributed by atoms with E-state index in [1.807, 2.05) is 0 Å². The van der Waals surface area contributed by atoms with E-state index in [1.165, 1.54) is 0 Å². The summed E-state index contributed by atoms with van der Waals surface area (Å²) in [4.78, 5) is 22.2. The van der Waals surface area contributed by atoms with Crippen molar-refractivity contribution >= 4 is 12.0 Å². The van der Waals surface area contributed by atoms with Gasteiger partial charge in [0.15, 0.2) is 0 Å². The van der Waals surface area contributed by atoms with Gasteiger partial charge in [-0.3, -0.25) is 15.6 Å². The van der Waals surface area contributed by atoms with Gasteiger partial charge in [0, 0.05) is 0 Å². The first-order chi connectivity index (χ1) is 10.3. The van der Waals surface area contributed by atoms with Crippen molar-refractivity contribution in [2.24, 2.45) is 5.84 Å². The highest BCUT2D eigenvalue weighted by Crippen LogP contribution is 2.21. The number of ether oxygens (including phenoxy) is 1. The van der Waals surface area contributed by atoms with Crippen LogP contribution < -0.4 is 22.1 Å². The molecule has 0 saturated heterocycles. The van der Waals surface area contributed by atoms with Crippen molar-refractivity contribution in [3.63, 3.8) is 0 Å². The van der Waals surface area contributed by atoms with Crippen molar-refractivity contribution in [1.29, 1.82) is 0 Å². The van der Waals surface area contributed by atoms with E-state index in [0.29, 0.717) is 5.56 Å². The SMILES string of the molecule is NNC(=O)CC(NNC(=O)OCc1ccccc1)C(F)(F)F. The molecule has 122 valence electrons. The standard InChI is InChI=1S/C12H15F3N4O3/c13-12(14,15)9(6-10(20)17-16)18-19-11(21)22-7-8-4-2-1-3-5-8/h1-5,9,18H,6-7,16H2,(H,17,20)(H,19,21). The van der Waals surface area contributed by atoms with Crippen LogP contribution in [0.5, 0.6) is 0 Å². The van der Waals surface area contributed by atoms with Gasteiger partial charge in [-0.15, -0.1) is 0 Å². The van der Waals surface area contributed by atoms with Crippen LogP contribution in [-0.2, 0) is 16.1 Å². The van der Waals surface area contributed by atoms with Gasteiger partial charge in [0.1, 0.15) is 12.6 Å². The topological polar surface area (TPSA) is 105 Å². The summed E-state index contributed by atoms with van der Waals surface area (Å²) in [7, 11) is 0. The molecule has 1 unspecified atom stereocenters. The summed E-state index contributed by atoms with van der Waals surface area (Å²) in [6.07, 6.45) is -6.84. The number of carbonyl (C=O) groups excluding carboxylic acids is 2. The quantitative estimate of drug-likeness (QED) is 0.351. The molecular weight excluding hydrogens is 305 g/mol. The lowest BCUT2D eigenvalue weighted by Gasteiger charge is -2.21. The molecule has 7 nitrogen and oxygen atoms in total. The van der Waals surface area contributed by atoms with Crippen molar-refractivity contribution in [2.45, 2.75) is 25.2 Å². The maximum absolute atomic E-state index is 12.6. The van der Waals surface area contributed by atoms with Crippen molar-refractivity contribution in [3.05, 3.63) is 35.9 Å². The number of hydrogen-bond donors (Lipinski definition) is 4. The van der Waals surface area contributed by atoms with Gasteiger partial charge in [-0.2, -0.15) is 13.2 Å². The van der Waals surface area contributed by atoms with Gasteiger partial charge in [-0.05, 0) is 5.56 Å². The summed E-state index contributed by atoms with van der Waals surface area (Å²) in [5, 5.41) is 0. The van der Waals surface area contributed by atoms with Gasteiger partial charge in [-0.1, -0.05) is 30.3 Å². The fourth-order valence-corrected chi connectivity index (χ4v) is 1.40. The van der Waals surface area contributed by atoms with Gasteiger partial charge < -0.3 is 4.74 Å². The van der Waals surface area contributed by atoms with E-state index in [2.05, 4.69) is 0 Å². The number of hydrazine groups is 2. The van der Waals surface area contributed by atoms with Crippen molar-refractivity contribution in [2.75, 3.05) is 0 Å². The van der Waals surface area contributed by atoms with Crippen LogP contribution in [0, 0.1) is 0 Å². The fraction of sp³-hybridized carbons (Fsp3) is 0.333. The highest BCUT2D eigenvalue weighted by molar-refractivity contribution is 5.76. The maximum Gasteiger partial charge on any atom is 0.421 e. The molecule has 0 aliphatic carbocycles. The molecule has 22 heavy (non-hydrogen) atoms. The Morgan fingerprint density at radius 1 is 1.23 bits per heavy atom. The zero-order valence-electron chi connectivity index (χ0n) is 11.3. The second kappa shape index (κ2) is 8.20. The van der Waals surface area contributed by atoms with Gasteiger partial charge in [0.2, 0.25) is 5.91 Å². The Kier molecular flexibility index (Phi) is 6.60. The van der Waals surface area contributed by atoms with E-state index >= 15 is 0 Å². The number of nitrogens with two attached hydrogens (primary N) is 1. The van der Waals surface area contributed by atoms with Crippen LogP contribution in [0.4, 0.5) is 18.0 Å². The minimum absolute atomic E-state index is 0.103. The molecule has 0 heterocycles. The number of nitrogens with one attached hydrogen (secondary N) is 3. The molecule has 0 aromatic heterocycles. The van der Waals surface area contributed by atoms with Crippen molar-refractivity contribution < 1.29 is 27.5 Å². The largest absolute Gasteiger partial charge is 0.444 e. The first-order valence-corrected chi connectivity index (χ1v) is 6.11. The lowest BCUT2D eigenvalue weighted by Crippen LogP contribution is -2.53. The Morgan fingerprint density at radius 2 is 1.86 bits per heavy atom. The molecular formula is C12H15F3N4O3. The second-order valence-electron chi connectivity index (χ2n) is 4.20. The van der Waals surface area contributed by atoms with E-state index in [4.69, 9.17) is 10.6 Å². The maximum atomic E-state index is 12.6. The molecule has 1 aromatic carbocycles. The van der Waals surface area contributed by atoms with E-state index in [-0.39, 0.29) is 6.61 Å². The minimum atomic E-state index is -4.75. The third kappa shape index (κ3) is 6.41.